The smallest absolute Gasteiger partial charge is 0.252 e. The normalized spacial score (nSPS) is 27.2. The molecule has 0 unspecified atom stereocenters. The van der Waals surface area contributed by atoms with Gasteiger partial charge in [0.15, 0.2) is 0 Å². The molecule has 2 atom stereocenters. The van der Waals surface area contributed by atoms with Gasteiger partial charge in [-0.25, -0.2) is 9.97 Å². The second-order valence-electron chi connectivity index (χ2n) is 6.07. The molecule has 3 heterocycles. The number of nitrogens with two attached hydrogens (primary N) is 1. The van der Waals surface area contributed by atoms with Gasteiger partial charge in [0, 0.05) is 12.1 Å². The first-order valence-electron chi connectivity index (χ1n) is 7.69. The van der Waals surface area contributed by atoms with Gasteiger partial charge in [-0.2, -0.15) is 0 Å². The number of aryl methyl sites for hydroxylation is 1. The Morgan fingerprint density at radius 2 is 2.14 bits per heavy atom. The number of ether oxygens (including phenoxy) is 1. The molecule has 2 aliphatic heterocycles. The van der Waals surface area contributed by atoms with Gasteiger partial charge in [0.2, 0.25) is 0 Å². The third kappa shape index (κ3) is 2.97. The molecule has 2 aliphatic rings. The summed E-state index contributed by atoms with van der Waals surface area (Å²) < 4.78 is 5.33. The average molecular weight is 306 g/mol. The number of aliphatic hydroxyl groups excluding tert-OH is 1. The Labute approximate surface area is 129 Å². The van der Waals surface area contributed by atoms with Crippen molar-refractivity contribution in [2.45, 2.75) is 37.8 Å². The molecule has 7 heteroatoms. The van der Waals surface area contributed by atoms with Crippen molar-refractivity contribution in [1.29, 1.82) is 0 Å². The minimum atomic E-state index is -0.492. The standard InChI is InChI=1S/C15H22N4O3/c1-9-11(14(16)21)6-17-15(18-9)10-2-4-19(5-3-10)12-7-22-8-13(12)20/h6,10,12-13,20H,2-5,7-8H2,1H3,(H2,16,21)/t12-,13-/m0/s1. The SMILES string of the molecule is Cc1nc(C2CCN([C@H]3COC[C@@H]3O)CC2)ncc1C(N)=O. The van der Waals surface area contributed by atoms with E-state index in [1.54, 1.807) is 6.92 Å². The maximum atomic E-state index is 11.2. The molecule has 0 radical (unpaired) electrons. The summed E-state index contributed by atoms with van der Waals surface area (Å²) in [5.74, 6) is 0.579. The maximum Gasteiger partial charge on any atom is 0.252 e. The molecule has 2 fully saturated rings. The third-order valence-electron chi connectivity index (χ3n) is 4.65. The molecular formula is C15H22N4O3. The quantitative estimate of drug-likeness (QED) is 0.803. The van der Waals surface area contributed by atoms with Crippen LogP contribution in [0.2, 0.25) is 0 Å². The highest BCUT2D eigenvalue weighted by molar-refractivity contribution is 5.93. The van der Waals surface area contributed by atoms with E-state index in [2.05, 4.69) is 14.9 Å². The molecule has 1 aromatic heterocycles. The number of carbonyl (C=O) groups excluding carboxylic acids is 1. The van der Waals surface area contributed by atoms with Crippen molar-refractivity contribution < 1.29 is 14.6 Å². The van der Waals surface area contributed by atoms with Crippen molar-refractivity contribution in [3.63, 3.8) is 0 Å². The van der Waals surface area contributed by atoms with E-state index in [4.69, 9.17) is 10.5 Å². The van der Waals surface area contributed by atoms with Crippen molar-refractivity contribution in [2.75, 3.05) is 26.3 Å². The van der Waals surface area contributed by atoms with E-state index in [0.717, 1.165) is 31.8 Å². The van der Waals surface area contributed by atoms with Crippen LogP contribution in [0, 0.1) is 6.92 Å². The summed E-state index contributed by atoms with van der Waals surface area (Å²) in [6.45, 7) is 4.62. The summed E-state index contributed by atoms with van der Waals surface area (Å²) in [7, 11) is 0. The van der Waals surface area contributed by atoms with E-state index in [9.17, 15) is 9.90 Å². The fourth-order valence-corrected chi connectivity index (χ4v) is 3.29. The number of hydrogen-bond acceptors (Lipinski definition) is 6. The Morgan fingerprint density at radius 3 is 2.68 bits per heavy atom. The van der Waals surface area contributed by atoms with E-state index in [0.29, 0.717) is 24.5 Å². The number of rotatable bonds is 3. The second-order valence-corrected chi connectivity index (χ2v) is 6.07. The van der Waals surface area contributed by atoms with Crippen LogP contribution in [0.1, 0.15) is 40.6 Å². The minimum Gasteiger partial charge on any atom is -0.389 e. The Kier molecular flexibility index (Phi) is 4.37. The van der Waals surface area contributed by atoms with Crippen molar-refractivity contribution in [1.82, 2.24) is 14.9 Å². The number of amides is 1. The van der Waals surface area contributed by atoms with Crippen molar-refractivity contribution in [3.8, 4) is 0 Å². The lowest BCUT2D eigenvalue weighted by molar-refractivity contribution is 0.0657. The van der Waals surface area contributed by atoms with Crippen LogP contribution in [-0.2, 0) is 4.74 Å². The molecule has 0 aromatic carbocycles. The van der Waals surface area contributed by atoms with Crippen LogP contribution in [0.3, 0.4) is 0 Å². The van der Waals surface area contributed by atoms with E-state index >= 15 is 0 Å². The van der Waals surface area contributed by atoms with Gasteiger partial charge in [0.1, 0.15) is 5.82 Å². The highest BCUT2D eigenvalue weighted by Gasteiger charge is 2.34. The van der Waals surface area contributed by atoms with Crippen LogP contribution in [0.15, 0.2) is 6.20 Å². The first kappa shape index (κ1) is 15.3. The van der Waals surface area contributed by atoms with Crippen LogP contribution < -0.4 is 5.73 Å². The molecular weight excluding hydrogens is 284 g/mol. The molecule has 1 amide bonds. The van der Waals surface area contributed by atoms with Gasteiger partial charge in [-0.15, -0.1) is 0 Å². The van der Waals surface area contributed by atoms with Gasteiger partial charge >= 0.3 is 0 Å². The lowest BCUT2D eigenvalue weighted by atomic mass is 9.94. The molecule has 0 spiro atoms. The molecule has 22 heavy (non-hydrogen) atoms. The van der Waals surface area contributed by atoms with Crippen LogP contribution in [0.4, 0.5) is 0 Å². The van der Waals surface area contributed by atoms with Gasteiger partial charge in [-0.1, -0.05) is 0 Å². The first-order valence-corrected chi connectivity index (χ1v) is 7.69. The van der Waals surface area contributed by atoms with Crippen LogP contribution >= 0.6 is 0 Å². The number of carbonyl (C=O) groups is 1. The summed E-state index contributed by atoms with van der Waals surface area (Å²) in [6, 6.07) is 0.112. The predicted molar refractivity (Wildman–Crippen MR) is 79.4 cm³/mol. The van der Waals surface area contributed by atoms with E-state index in [1.807, 2.05) is 0 Å². The Bertz CT molecular complexity index is 558. The number of hydrogen-bond donors (Lipinski definition) is 2. The van der Waals surface area contributed by atoms with Crippen molar-refractivity contribution in [2.24, 2.45) is 5.73 Å². The fraction of sp³-hybridized carbons (Fsp3) is 0.667. The number of aromatic nitrogens is 2. The van der Waals surface area contributed by atoms with Crippen LogP contribution in [-0.4, -0.2) is 64.3 Å². The highest BCUT2D eigenvalue weighted by atomic mass is 16.5. The van der Waals surface area contributed by atoms with Crippen LogP contribution in [0.5, 0.6) is 0 Å². The number of piperidine rings is 1. The first-order chi connectivity index (χ1) is 10.6. The summed E-state index contributed by atoms with van der Waals surface area (Å²) in [6.07, 6.45) is 3.03. The second kappa shape index (κ2) is 6.28. The minimum absolute atomic E-state index is 0.112. The van der Waals surface area contributed by atoms with Crippen molar-refractivity contribution in [3.05, 3.63) is 23.3 Å². The predicted octanol–water partition coefficient (Wildman–Crippen LogP) is -0.177. The number of nitrogens with zero attached hydrogens (tertiary/aromatic N) is 3. The molecule has 0 saturated carbocycles. The summed E-state index contributed by atoms with van der Waals surface area (Å²) in [4.78, 5) is 22.3. The zero-order chi connectivity index (χ0) is 15.7. The van der Waals surface area contributed by atoms with Gasteiger partial charge < -0.3 is 15.6 Å². The Hall–Kier alpha value is -1.57. The number of aliphatic hydroxyl groups is 1. The summed E-state index contributed by atoms with van der Waals surface area (Å²) in [5.41, 5.74) is 6.30. The summed E-state index contributed by atoms with van der Waals surface area (Å²) >= 11 is 0. The third-order valence-corrected chi connectivity index (χ3v) is 4.65. The molecule has 2 saturated heterocycles. The number of primary amides is 1. The maximum absolute atomic E-state index is 11.2. The largest absolute Gasteiger partial charge is 0.389 e. The molecule has 0 bridgehead atoms. The van der Waals surface area contributed by atoms with Gasteiger partial charge in [0.25, 0.3) is 5.91 Å². The molecule has 3 rings (SSSR count). The van der Waals surface area contributed by atoms with Crippen LogP contribution in [0.25, 0.3) is 0 Å². The van der Waals surface area contributed by atoms with E-state index < -0.39 is 5.91 Å². The molecule has 120 valence electrons. The fourth-order valence-electron chi connectivity index (χ4n) is 3.29. The molecule has 0 aliphatic carbocycles. The molecule has 7 nitrogen and oxygen atoms in total. The van der Waals surface area contributed by atoms with Gasteiger partial charge in [-0.05, 0) is 32.9 Å². The lowest BCUT2D eigenvalue weighted by Crippen LogP contribution is -2.46. The topological polar surface area (TPSA) is 102 Å². The monoisotopic (exact) mass is 306 g/mol. The van der Waals surface area contributed by atoms with E-state index in [-0.39, 0.29) is 18.1 Å². The van der Waals surface area contributed by atoms with Gasteiger partial charge in [0.05, 0.1) is 36.6 Å². The van der Waals surface area contributed by atoms with Crippen molar-refractivity contribution >= 4 is 5.91 Å². The average Bonchev–Trinajstić information content (AvgIpc) is 2.93. The molecule has 1 aromatic rings. The summed E-state index contributed by atoms with van der Waals surface area (Å²) in [5, 5.41) is 9.91. The number of likely N-dealkylation sites (tertiary alicyclic amines) is 1. The highest BCUT2D eigenvalue weighted by Crippen LogP contribution is 2.28. The Balaban J connectivity index is 1.64. The zero-order valence-electron chi connectivity index (χ0n) is 12.7. The molecule has 3 N–H and O–H groups in total. The van der Waals surface area contributed by atoms with E-state index in [1.165, 1.54) is 6.20 Å². The lowest BCUT2D eigenvalue weighted by Gasteiger charge is -2.36. The Morgan fingerprint density at radius 1 is 1.41 bits per heavy atom. The zero-order valence-corrected chi connectivity index (χ0v) is 12.7. The van der Waals surface area contributed by atoms with Gasteiger partial charge in [-0.3, -0.25) is 9.69 Å².